The minimum Gasteiger partial charge on any atom is -0.504 e. The van der Waals surface area contributed by atoms with Crippen molar-refractivity contribution < 1.29 is 14.6 Å². The number of guanidine groups is 1. The number of nitrogens with zero attached hydrogens (tertiary/aromatic N) is 2. The minimum absolute atomic E-state index is 0. The molecular formula is C21H37IN4O3. The van der Waals surface area contributed by atoms with Gasteiger partial charge in [0.1, 0.15) is 0 Å². The van der Waals surface area contributed by atoms with Crippen molar-refractivity contribution in [1.82, 2.24) is 15.5 Å². The maximum atomic E-state index is 9.71. The number of halogens is 1. The van der Waals surface area contributed by atoms with Gasteiger partial charge in [0, 0.05) is 32.2 Å². The molecule has 0 aliphatic carbocycles. The van der Waals surface area contributed by atoms with Crippen molar-refractivity contribution in [2.75, 3.05) is 53.0 Å². The largest absolute Gasteiger partial charge is 0.504 e. The average Bonchev–Trinajstić information content (AvgIpc) is 2.70. The van der Waals surface area contributed by atoms with Crippen molar-refractivity contribution in [1.29, 1.82) is 0 Å². The Bertz CT molecular complexity index is 622. The number of methoxy groups -OCH3 is 1. The molecule has 1 aliphatic rings. The van der Waals surface area contributed by atoms with Gasteiger partial charge in [0.2, 0.25) is 0 Å². The molecule has 1 aromatic carbocycles. The number of phenolic OH excluding ortho intramolecular Hbond substituents is 1. The standard InChI is InChI=1S/C21H36N4O3.HI/c1-5-22-21(23-9-8-17-6-7-19(26)20(14-17)27-4)24-15-18(16(2)3)25-10-12-28-13-11-25;/h6-7,14,16,18,26H,5,8-13,15H2,1-4H3,(H2,22,23,24);1H. The number of rotatable bonds is 9. The normalized spacial score (nSPS) is 16.2. The summed E-state index contributed by atoms with van der Waals surface area (Å²) in [6, 6.07) is 5.87. The SMILES string of the molecule is CCNC(=NCC(C(C)C)N1CCOCC1)NCCc1ccc(O)c(OC)c1.I. The van der Waals surface area contributed by atoms with Crippen LogP contribution in [-0.4, -0.2) is 75.1 Å². The van der Waals surface area contributed by atoms with Crippen molar-refractivity contribution in [2.45, 2.75) is 33.2 Å². The summed E-state index contributed by atoms with van der Waals surface area (Å²) in [4.78, 5) is 7.33. The Morgan fingerprint density at radius 1 is 1.28 bits per heavy atom. The number of hydrogen-bond acceptors (Lipinski definition) is 5. The third-order valence-electron chi connectivity index (χ3n) is 5.02. The fourth-order valence-corrected chi connectivity index (χ4v) is 3.39. The van der Waals surface area contributed by atoms with E-state index in [1.165, 1.54) is 0 Å². The lowest BCUT2D eigenvalue weighted by Gasteiger charge is -2.36. The van der Waals surface area contributed by atoms with Crippen LogP contribution < -0.4 is 15.4 Å². The topological polar surface area (TPSA) is 78.4 Å². The zero-order chi connectivity index (χ0) is 20.4. The van der Waals surface area contributed by atoms with Gasteiger partial charge in [-0.2, -0.15) is 0 Å². The lowest BCUT2D eigenvalue weighted by atomic mass is 10.0. The van der Waals surface area contributed by atoms with Crippen LogP contribution in [-0.2, 0) is 11.2 Å². The van der Waals surface area contributed by atoms with Crippen molar-refractivity contribution in [3.05, 3.63) is 23.8 Å². The molecule has 0 bridgehead atoms. The van der Waals surface area contributed by atoms with Crippen LogP contribution in [0.2, 0.25) is 0 Å². The van der Waals surface area contributed by atoms with Gasteiger partial charge in [-0.25, -0.2) is 0 Å². The average molecular weight is 520 g/mol. The monoisotopic (exact) mass is 520 g/mol. The first kappa shape index (κ1) is 25.8. The third-order valence-corrected chi connectivity index (χ3v) is 5.02. The Kier molecular flexibility index (Phi) is 12.3. The van der Waals surface area contributed by atoms with Gasteiger partial charge in [0.15, 0.2) is 17.5 Å². The van der Waals surface area contributed by atoms with Gasteiger partial charge in [0.05, 0.1) is 26.9 Å². The summed E-state index contributed by atoms with van der Waals surface area (Å²) >= 11 is 0. The first-order valence-electron chi connectivity index (χ1n) is 10.2. The quantitative estimate of drug-likeness (QED) is 0.264. The Labute approximate surface area is 192 Å². The second-order valence-corrected chi connectivity index (χ2v) is 7.36. The predicted octanol–water partition coefficient (Wildman–Crippen LogP) is 2.47. The van der Waals surface area contributed by atoms with E-state index in [0.717, 1.165) is 63.9 Å². The summed E-state index contributed by atoms with van der Waals surface area (Å²) < 4.78 is 10.7. The number of aromatic hydroxyl groups is 1. The minimum atomic E-state index is 0. The molecule has 0 spiro atoms. The summed E-state index contributed by atoms with van der Waals surface area (Å²) in [5, 5.41) is 16.5. The lowest BCUT2D eigenvalue weighted by Crippen LogP contribution is -2.48. The smallest absolute Gasteiger partial charge is 0.191 e. The van der Waals surface area contributed by atoms with Gasteiger partial charge < -0.3 is 25.2 Å². The molecule has 1 heterocycles. The number of benzene rings is 1. The molecule has 0 amide bonds. The summed E-state index contributed by atoms with van der Waals surface area (Å²) in [6.45, 7) is 12.5. The highest BCUT2D eigenvalue weighted by Crippen LogP contribution is 2.26. The lowest BCUT2D eigenvalue weighted by molar-refractivity contribution is 0.00867. The van der Waals surface area contributed by atoms with Gasteiger partial charge in [0.25, 0.3) is 0 Å². The molecular weight excluding hydrogens is 483 g/mol. The van der Waals surface area contributed by atoms with Crippen molar-refractivity contribution >= 4 is 29.9 Å². The molecule has 1 atom stereocenters. The van der Waals surface area contributed by atoms with Gasteiger partial charge in [-0.05, 0) is 37.0 Å². The number of morpholine rings is 1. The van der Waals surface area contributed by atoms with E-state index in [9.17, 15) is 5.11 Å². The Morgan fingerprint density at radius 2 is 2.00 bits per heavy atom. The zero-order valence-electron chi connectivity index (χ0n) is 18.1. The third kappa shape index (κ3) is 8.55. The van der Waals surface area contributed by atoms with Gasteiger partial charge in [-0.15, -0.1) is 24.0 Å². The van der Waals surface area contributed by atoms with Crippen LogP contribution in [0.25, 0.3) is 0 Å². The Hall–Kier alpha value is -1.26. The van der Waals surface area contributed by atoms with Crippen molar-refractivity contribution in [3.63, 3.8) is 0 Å². The molecule has 1 fully saturated rings. The van der Waals surface area contributed by atoms with E-state index in [0.29, 0.717) is 17.7 Å². The molecule has 1 unspecified atom stereocenters. The molecule has 29 heavy (non-hydrogen) atoms. The van der Waals surface area contributed by atoms with E-state index in [1.807, 2.05) is 12.1 Å². The molecule has 1 aliphatic heterocycles. The summed E-state index contributed by atoms with van der Waals surface area (Å²) in [7, 11) is 1.56. The van der Waals surface area contributed by atoms with Crippen LogP contribution in [0.4, 0.5) is 0 Å². The molecule has 0 saturated carbocycles. The highest BCUT2D eigenvalue weighted by Gasteiger charge is 2.23. The first-order valence-corrected chi connectivity index (χ1v) is 10.2. The highest BCUT2D eigenvalue weighted by atomic mass is 127. The van der Waals surface area contributed by atoms with Crippen LogP contribution in [0.15, 0.2) is 23.2 Å². The van der Waals surface area contributed by atoms with Crippen LogP contribution in [0.3, 0.4) is 0 Å². The first-order chi connectivity index (χ1) is 13.5. The van der Waals surface area contributed by atoms with E-state index in [-0.39, 0.29) is 29.7 Å². The predicted molar refractivity (Wildman–Crippen MR) is 129 cm³/mol. The van der Waals surface area contributed by atoms with E-state index in [2.05, 4.69) is 36.3 Å². The van der Waals surface area contributed by atoms with Crippen LogP contribution >= 0.6 is 24.0 Å². The molecule has 2 rings (SSSR count). The fourth-order valence-electron chi connectivity index (χ4n) is 3.39. The summed E-state index contributed by atoms with van der Waals surface area (Å²) in [5.41, 5.74) is 1.10. The van der Waals surface area contributed by atoms with Crippen molar-refractivity contribution in [3.8, 4) is 11.5 Å². The molecule has 0 radical (unpaired) electrons. The maximum Gasteiger partial charge on any atom is 0.191 e. The zero-order valence-corrected chi connectivity index (χ0v) is 20.4. The number of phenols is 1. The molecule has 3 N–H and O–H groups in total. The van der Waals surface area contributed by atoms with E-state index < -0.39 is 0 Å². The Balaban J connectivity index is 0.00000420. The molecule has 7 nitrogen and oxygen atoms in total. The molecule has 8 heteroatoms. The number of aliphatic imine (C=N–C) groups is 1. The second kappa shape index (κ2) is 13.9. The van der Waals surface area contributed by atoms with E-state index in [4.69, 9.17) is 14.5 Å². The number of hydrogen-bond donors (Lipinski definition) is 3. The van der Waals surface area contributed by atoms with Gasteiger partial charge in [-0.3, -0.25) is 9.89 Å². The van der Waals surface area contributed by atoms with E-state index in [1.54, 1.807) is 13.2 Å². The van der Waals surface area contributed by atoms with Crippen LogP contribution in [0.1, 0.15) is 26.3 Å². The number of nitrogens with one attached hydrogen (secondary N) is 2. The number of ether oxygens (including phenoxy) is 2. The molecule has 1 saturated heterocycles. The molecule has 166 valence electrons. The van der Waals surface area contributed by atoms with Gasteiger partial charge >= 0.3 is 0 Å². The summed E-state index contributed by atoms with van der Waals surface area (Å²) in [5.74, 6) is 2.04. The summed E-state index contributed by atoms with van der Waals surface area (Å²) in [6.07, 6.45) is 0.818. The Morgan fingerprint density at radius 3 is 2.62 bits per heavy atom. The maximum absolute atomic E-state index is 9.71. The molecule has 0 aromatic heterocycles. The van der Waals surface area contributed by atoms with Crippen LogP contribution in [0, 0.1) is 5.92 Å². The van der Waals surface area contributed by atoms with Crippen molar-refractivity contribution in [2.24, 2.45) is 10.9 Å². The second-order valence-electron chi connectivity index (χ2n) is 7.36. The fraction of sp³-hybridized carbons (Fsp3) is 0.667. The van der Waals surface area contributed by atoms with E-state index >= 15 is 0 Å². The van der Waals surface area contributed by atoms with Crippen LogP contribution in [0.5, 0.6) is 11.5 Å². The van der Waals surface area contributed by atoms with Gasteiger partial charge in [-0.1, -0.05) is 19.9 Å². The molecule has 1 aromatic rings. The highest BCUT2D eigenvalue weighted by molar-refractivity contribution is 14.0.